The van der Waals surface area contributed by atoms with E-state index in [1.807, 2.05) is 35.2 Å². The highest BCUT2D eigenvalue weighted by Crippen LogP contribution is 2.32. The van der Waals surface area contributed by atoms with Crippen molar-refractivity contribution in [2.24, 2.45) is 0 Å². The molecule has 0 saturated carbocycles. The fraction of sp³-hybridized carbons (Fsp3) is 0.400. The minimum atomic E-state index is 0.0806. The van der Waals surface area contributed by atoms with E-state index in [2.05, 4.69) is 4.98 Å². The predicted molar refractivity (Wildman–Crippen MR) is 93.2 cm³/mol. The molecule has 2 aliphatic heterocycles. The number of fused-ring (bicyclic) bond motifs is 1. The number of hydrogen-bond acceptors (Lipinski definition) is 4. The molecule has 130 valence electrons. The molecule has 4 rings (SSSR count). The predicted octanol–water partition coefficient (Wildman–Crippen LogP) is 3.71. The van der Waals surface area contributed by atoms with E-state index in [9.17, 15) is 4.79 Å². The Kier molecular flexibility index (Phi) is 4.65. The van der Waals surface area contributed by atoms with Crippen LogP contribution in [-0.2, 0) is 11.3 Å². The number of aromatic nitrogens is 1. The Morgan fingerprint density at radius 2 is 2.00 bits per heavy atom. The maximum atomic E-state index is 13.3. The van der Waals surface area contributed by atoms with Crippen LogP contribution < -0.4 is 4.74 Å². The Morgan fingerprint density at radius 3 is 2.88 bits per heavy atom. The van der Waals surface area contributed by atoms with Gasteiger partial charge in [-0.1, -0.05) is 12.8 Å². The van der Waals surface area contributed by atoms with Crippen LogP contribution in [0.4, 0.5) is 0 Å². The second kappa shape index (κ2) is 7.23. The van der Waals surface area contributed by atoms with Gasteiger partial charge in [0, 0.05) is 30.1 Å². The van der Waals surface area contributed by atoms with Crippen molar-refractivity contribution in [2.45, 2.75) is 38.3 Å². The average molecular weight is 338 g/mol. The molecule has 0 N–H and O–H groups in total. The van der Waals surface area contributed by atoms with Gasteiger partial charge in [0.2, 0.25) is 0 Å². The summed E-state index contributed by atoms with van der Waals surface area (Å²) >= 11 is 0. The Morgan fingerprint density at radius 1 is 1.12 bits per heavy atom. The Balaban J connectivity index is 1.64. The van der Waals surface area contributed by atoms with E-state index >= 15 is 0 Å². The summed E-state index contributed by atoms with van der Waals surface area (Å²) < 4.78 is 10.8. The Labute approximate surface area is 147 Å². The van der Waals surface area contributed by atoms with Crippen LogP contribution in [0.25, 0.3) is 0 Å². The topological polar surface area (TPSA) is 51.7 Å². The van der Waals surface area contributed by atoms with Crippen molar-refractivity contribution in [3.63, 3.8) is 0 Å². The van der Waals surface area contributed by atoms with Crippen LogP contribution in [0.15, 0.2) is 42.7 Å². The molecule has 1 atom stereocenters. The molecule has 0 bridgehead atoms. The van der Waals surface area contributed by atoms with Crippen LogP contribution in [0.5, 0.6) is 5.75 Å². The second-order valence-electron chi connectivity index (χ2n) is 6.58. The first-order valence-corrected chi connectivity index (χ1v) is 8.87. The SMILES string of the molecule is O=C(c1ccc2c(c1)COCO2)N1CCCCCC1c1ccncc1. The van der Waals surface area contributed by atoms with Gasteiger partial charge in [0.05, 0.1) is 12.6 Å². The summed E-state index contributed by atoms with van der Waals surface area (Å²) in [7, 11) is 0. The third-order valence-electron chi connectivity index (χ3n) is 4.97. The minimum Gasteiger partial charge on any atom is -0.467 e. The van der Waals surface area contributed by atoms with Gasteiger partial charge in [-0.15, -0.1) is 0 Å². The van der Waals surface area contributed by atoms with Crippen LogP contribution in [0, 0.1) is 0 Å². The van der Waals surface area contributed by atoms with Crippen molar-refractivity contribution in [2.75, 3.05) is 13.3 Å². The molecule has 0 spiro atoms. The minimum absolute atomic E-state index is 0.0806. The molecule has 5 nitrogen and oxygen atoms in total. The summed E-state index contributed by atoms with van der Waals surface area (Å²) in [6.07, 6.45) is 7.95. The van der Waals surface area contributed by atoms with Gasteiger partial charge in [0.25, 0.3) is 5.91 Å². The lowest BCUT2D eigenvalue weighted by Crippen LogP contribution is -2.35. The molecular formula is C20H22N2O3. The maximum absolute atomic E-state index is 13.3. The number of hydrogen-bond donors (Lipinski definition) is 0. The third-order valence-corrected chi connectivity index (χ3v) is 4.97. The number of amides is 1. The highest BCUT2D eigenvalue weighted by molar-refractivity contribution is 5.95. The van der Waals surface area contributed by atoms with Crippen molar-refractivity contribution in [1.29, 1.82) is 0 Å². The standard InChI is InChI=1S/C20H22N2O3/c23-20(16-5-6-19-17(12-16)13-24-14-25-19)22-11-3-1-2-4-18(22)15-7-9-21-10-8-15/h5-10,12,18H,1-4,11,13-14H2. The molecule has 1 unspecified atom stereocenters. The molecule has 2 aromatic rings. The number of carbonyl (C=O) groups excluding carboxylic acids is 1. The molecule has 3 heterocycles. The second-order valence-corrected chi connectivity index (χ2v) is 6.58. The summed E-state index contributed by atoms with van der Waals surface area (Å²) in [6, 6.07) is 9.80. The fourth-order valence-electron chi connectivity index (χ4n) is 3.67. The third kappa shape index (κ3) is 3.37. The molecule has 1 saturated heterocycles. The maximum Gasteiger partial charge on any atom is 0.254 e. The molecule has 1 fully saturated rings. The van der Waals surface area contributed by atoms with Crippen molar-refractivity contribution < 1.29 is 14.3 Å². The molecular weight excluding hydrogens is 316 g/mol. The zero-order valence-corrected chi connectivity index (χ0v) is 14.2. The molecule has 0 radical (unpaired) electrons. The lowest BCUT2D eigenvalue weighted by Gasteiger charge is -2.31. The zero-order valence-electron chi connectivity index (χ0n) is 14.2. The summed E-state index contributed by atoms with van der Waals surface area (Å²) in [5, 5.41) is 0. The first-order valence-electron chi connectivity index (χ1n) is 8.87. The summed E-state index contributed by atoms with van der Waals surface area (Å²) in [5.41, 5.74) is 2.80. The summed E-state index contributed by atoms with van der Waals surface area (Å²) in [5.74, 6) is 0.890. The fourth-order valence-corrected chi connectivity index (χ4v) is 3.67. The van der Waals surface area contributed by atoms with E-state index < -0.39 is 0 Å². The van der Waals surface area contributed by atoms with E-state index in [0.29, 0.717) is 12.2 Å². The number of carbonyl (C=O) groups is 1. The largest absolute Gasteiger partial charge is 0.467 e. The Hall–Kier alpha value is -2.40. The van der Waals surface area contributed by atoms with Gasteiger partial charge in [-0.05, 0) is 48.7 Å². The average Bonchev–Trinajstić information content (AvgIpc) is 2.94. The molecule has 25 heavy (non-hydrogen) atoms. The van der Waals surface area contributed by atoms with Crippen molar-refractivity contribution in [3.8, 4) is 5.75 Å². The monoisotopic (exact) mass is 338 g/mol. The van der Waals surface area contributed by atoms with Crippen LogP contribution in [-0.4, -0.2) is 29.1 Å². The Bertz CT molecular complexity index is 748. The van der Waals surface area contributed by atoms with E-state index in [1.54, 1.807) is 12.4 Å². The van der Waals surface area contributed by atoms with Gasteiger partial charge < -0.3 is 14.4 Å². The zero-order chi connectivity index (χ0) is 17.1. The number of nitrogens with zero attached hydrogens (tertiary/aromatic N) is 2. The van der Waals surface area contributed by atoms with Crippen LogP contribution in [0.2, 0.25) is 0 Å². The van der Waals surface area contributed by atoms with Crippen molar-refractivity contribution >= 4 is 5.91 Å². The van der Waals surface area contributed by atoms with Crippen LogP contribution >= 0.6 is 0 Å². The van der Waals surface area contributed by atoms with Gasteiger partial charge >= 0.3 is 0 Å². The molecule has 1 aromatic carbocycles. The molecule has 1 aromatic heterocycles. The van der Waals surface area contributed by atoms with Gasteiger partial charge in [0.15, 0.2) is 6.79 Å². The van der Waals surface area contributed by atoms with Gasteiger partial charge in [0.1, 0.15) is 5.75 Å². The highest BCUT2D eigenvalue weighted by atomic mass is 16.7. The van der Waals surface area contributed by atoms with Gasteiger partial charge in [-0.25, -0.2) is 0 Å². The first-order chi connectivity index (χ1) is 12.3. The van der Waals surface area contributed by atoms with E-state index in [4.69, 9.17) is 9.47 Å². The van der Waals surface area contributed by atoms with Crippen LogP contribution in [0.3, 0.4) is 0 Å². The van der Waals surface area contributed by atoms with Crippen molar-refractivity contribution in [3.05, 3.63) is 59.4 Å². The van der Waals surface area contributed by atoms with E-state index in [0.717, 1.165) is 49.1 Å². The first kappa shape index (κ1) is 16.1. The number of likely N-dealkylation sites (tertiary alicyclic amines) is 1. The highest BCUT2D eigenvalue weighted by Gasteiger charge is 2.28. The quantitative estimate of drug-likeness (QED) is 0.838. The summed E-state index contributed by atoms with van der Waals surface area (Å²) in [6.45, 7) is 1.55. The molecule has 2 aliphatic rings. The smallest absolute Gasteiger partial charge is 0.254 e. The number of ether oxygens (including phenoxy) is 2. The van der Waals surface area contributed by atoms with E-state index in [-0.39, 0.29) is 18.7 Å². The molecule has 1 amide bonds. The number of benzene rings is 1. The molecule has 5 heteroatoms. The lowest BCUT2D eigenvalue weighted by molar-refractivity contribution is -0.0164. The normalized spacial score (nSPS) is 20.3. The van der Waals surface area contributed by atoms with E-state index in [1.165, 1.54) is 0 Å². The van der Waals surface area contributed by atoms with Gasteiger partial charge in [-0.2, -0.15) is 0 Å². The molecule has 0 aliphatic carbocycles. The number of pyridine rings is 1. The lowest BCUT2D eigenvalue weighted by atomic mass is 10.0. The summed E-state index contributed by atoms with van der Waals surface area (Å²) in [4.78, 5) is 19.4. The van der Waals surface area contributed by atoms with Crippen molar-refractivity contribution in [1.82, 2.24) is 9.88 Å². The number of rotatable bonds is 2. The van der Waals surface area contributed by atoms with Gasteiger partial charge in [-0.3, -0.25) is 9.78 Å². The van der Waals surface area contributed by atoms with Crippen LogP contribution in [0.1, 0.15) is 53.2 Å².